The highest BCUT2D eigenvalue weighted by Gasteiger charge is 2.10. The maximum atomic E-state index is 11.9. The molecule has 0 aromatic heterocycles. The fraction of sp³-hybridized carbons (Fsp3) is 0.429. The number of ether oxygens (including phenoxy) is 1. The zero-order chi connectivity index (χ0) is 15.8. The number of benzene rings is 1. The maximum Gasteiger partial charge on any atom is 0.261 e. The molecule has 0 aliphatic carbocycles. The summed E-state index contributed by atoms with van der Waals surface area (Å²) in [6, 6.07) is 7.29. The monoisotopic (exact) mass is 316 g/mol. The summed E-state index contributed by atoms with van der Waals surface area (Å²) in [5.74, 6) is -0.176. The van der Waals surface area contributed by atoms with E-state index in [2.05, 4.69) is 4.74 Å². The first-order valence-corrected chi connectivity index (χ1v) is 6.79. The predicted molar refractivity (Wildman–Crippen MR) is 80.2 cm³/mol. The molecule has 0 aliphatic rings. The van der Waals surface area contributed by atoms with Gasteiger partial charge < -0.3 is 15.4 Å². The molecule has 0 atom stereocenters. The molecular formula is C14H18F2N2O2S. The number of carbonyl (C=O) groups excluding carboxylic acids is 1. The van der Waals surface area contributed by atoms with Crippen molar-refractivity contribution < 1.29 is 18.3 Å². The summed E-state index contributed by atoms with van der Waals surface area (Å²) in [6.45, 7) is -0.266. The molecule has 116 valence electrons. The lowest BCUT2D eigenvalue weighted by Crippen LogP contribution is -2.27. The van der Waals surface area contributed by atoms with E-state index in [0.29, 0.717) is 11.5 Å². The van der Waals surface area contributed by atoms with Gasteiger partial charge in [0.25, 0.3) is 6.43 Å². The summed E-state index contributed by atoms with van der Waals surface area (Å²) in [7, 11) is 1.64. The second kappa shape index (κ2) is 8.63. The van der Waals surface area contributed by atoms with E-state index in [1.54, 1.807) is 13.1 Å². The predicted octanol–water partition coefficient (Wildman–Crippen LogP) is 1.95. The van der Waals surface area contributed by atoms with Crippen LogP contribution in [0.2, 0.25) is 0 Å². The molecule has 0 saturated carbocycles. The van der Waals surface area contributed by atoms with Crippen LogP contribution in [0.3, 0.4) is 0 Å². The SMILES string of the molecule is CN(Cc1cccc(C(N)=S)c1)C(=O)CCOCC(F)F. The molecule has 0 fully saturated rings. The van der Waals surface area contributed by atoms with E-state index in [-0.39, 0.29) is 18.9 Å². The average Bonchev–Trinajstić information content (AvgIpc) is 2.43. The van der Waals surface area contributed by atoms with E-state index in [0.717, 1.165) is 11.1 Å². The Morgan fingerprint density at radius 2 is 2.19 bits per heavy atom. The second-order valence-electron chi connectivity index (χ2n) is 4.53. The highest BCUT2D eigenvalue weighted by molar-refractivity contribution is 7.80. The largest absolute Gasteiger partial charge is 0.389 e. The zero-order valence-electron chi connectivity index (χ0n) is 11.7. The topological polar surface area (TPSA) is 55.6 Å². The first-order chi connectivity index (χ1) is 9.90. The molecule has 1 amide bonds. The smallest absolute Gasteiger partial charge is 0.261 e. The number of halogens is 2. The molecule has 0 bridgehead atoms. The van der Waals surface area contributed by atoms with Crippen molar-refractivity contribution in [2.24, 2.45) is 5.73 Å². The minimum Gasteiger partial charge on any atom is -0.389 e. The number of hydrogen-bond acceptors (Lipinski definition) is 3. The number of nitrogens with two attached hydrogens (primary N) is 1. The molecule has 0 radical (unpaired) electrons. The van der Waals surface area contributed by atoms with Crippen LogP contribution < -0.4 is 5.73 Å². The molecule has 21 heavy (non-hydrogen) atoms. The third-order valence-electron chi connectivity index (χ3n) is 2.76. The number of nitrogens with zero attached hydrogens (tertiary/aromatic N) is 1. The van der Waals surface area contributed by atoms with E-state index in [4.69, 9.17) is 18.0 Å². The lowest BCUT2D eigenvalue weighted by atomic mass is 10.1. The van der Waals surface area contributed by atoms with Gasteiger partial charge in [-0.1, -0.05) is 30.4 Å². The molecule has 4 nitrogen and oxygen atoms in total. The standard InChI is InChI=1S/C14H18F2N2O2S/c1-18(13(19)5-6-20-9-12(15)16)8-10-3-2-4-11(7-10)14(17)21/h2-4,7,12H,5-6,8-9H2,1H3,(H2,17,21). The van der Waals surface area contributed by atoms with Crippen molar-refractivity contribution in [1.29, 1.82) is 0 Å². The first kappa shape index (κ1) is 17.5. The fourth-order valence-corrected chi connectivity index (χ4v) is 1.83. The molecule has 2 N–H and O–H groups in total. The van der Waals surface area contributed by atoms with Gasteiger partial charge in [0.2, 0.25) is 5.91 Å². The number of carbonyl (C=O) groups is 1. The second-order valence-corrected chi connectivity index (χ2v) is 4.97. The van der Waals surface area contributed by atoms with Crippen molar-refractivity contribution in [2.75, 3.05) is 20.3 Å². The quantitative estimate of drug-likeness (QED) is 0.588. The Kier molecular flexibility index (Phi) is 7.18. The van der Waals surface area contributed by atoms with Crippen molar-refractivity contribution in [2.45, 2.75) is 19.4 Å². The lowest BCUT2D eigenvalue weighted by molar-refractivity contribution is -0.132. The Labute approximate surface area is 127 Å². The Morgan fingerprint density at radius 1 is 1.48 bits per heavy atom. The minimum atomic E-state index is -2.51. The minimum absolute atomic E-state index is 0.0135. The van der Waals surface area contributed by atoms with Crippen molar-refractivity contribution in [3.05, 3.63) is 35.4 Å². The summed E-state index contributed by atoms with van der Waals surface area (Å²) >= 11 is 4.90. The Hall–Kier alpha value is -1.60. The molecule has 0 heterocycles. The highest BCUT2D eigenvalue weighted by Crippen LogP contribution is 2.08. The molecule has 1 aromatic rings. The molecule has 1 rings (SSSR count). The summed E-state index contributed by atoms with van der Waals surface area (Å²) in [4.78, 5) is 13.6. The van der Waals surface area contributed by atoms with Crippen molar-refractivity contribution in [1.82, 2.24) is 4.90 Å². The zero-order valence-corrected chi connectivity index (χ0v) is 12.5. The van der Waals surface area contributed by atoms with Crippen LogP contribution in [0, 0.1) is 0 Å². The van der Waals surface area contributed by atoms with Crippen LogP contribution in [0.5, 0.6) is 0 Å². The normalized spacial score (nSPS) is 10.7. The molecule has 0 spiro atoms. The Morgan fingerprint density at radius 3 is 2.81 bits per heavy atom. The van der Waals surface area contributed by atoms with Gasteiger partial charge in [0.15, 0.2) is 0 Å². The van der Waals surface area contributed by atoms with E-state index in [1.807, 2.05) is 18.2 Å². The number of alkyl halides is 2. The average molecular weight is 316 g/mol. The molecule has 0 aliphatic heterocycles. The van der Waals surface area contributed by atoms with Crippen LogP contribution in [0.4, 0.5) is 8.78 Å². The van der Waals surface area contributed by atoms with Crippen LogP contribution in [0.1, 0.15) is 17.5 Å². The third kappa shape index (κ3) is 6.59. The summed E-state index contributed by atoms with van der Waals surface area (Å²) in [5, 5.41) is 0. The summed E-state index contributed by atoms with van der Waals surface area (Å²) < 4.78 is 28.4. The summed E-state index contributed by atoms with van der Waals surface area (Å²) in [6.07, 6.45) is -2.45. The van der Waals surface area contributed by atoms with Gasteiger partial charge >= 0.3 is 0 Å². The van der Waals surface area contributed by atoms with Crippen molar-refractivity contribution in [3.8, 4) is 0 Å². The van der Waals surface area contributed by atoms with Crippen LogP contribution in [-0.4, -0.2) is 42.5 Å². The van der Waals surface area contributed by atoms with Gasteiger partial charge in [0.05, 0.1) is 13.0 Å². The van der Waals surface area contributed by atoms with Crippen molar-refractivity contribution in [3.63, 3.8) is 0 Å². The first-order valence-electron chi connectivity index (χ1n) is 6.38. The van der Waals surface area contributed by atoms with Gasteiger partial charge in [-0.25, -0.2) is 8.78 Å². The molecule has 1 aromatic carbocycles. The van der Waals surface area contributed by atoms with E-state index in [9.17, 15) is 13.6 Å². The van der Waals surface area contributed by atoms with Gasteiger partial charge in [-0.3, -0.25) is 4.79 Å². The highest BCUT2D eigenvalue weighted by atomic mass is 32.1. The molecule has 0 saturated heterocycles. The van der Waals surface area contributed by atoms with Gasteiger partial charge in [0, 0.05) is 19.2 Å². The van der Waals surface area contributed by atoms with Crippen LogP contribution >= 0.6 is 12.2 Å². The van der Waals surface area contributed by atoms with Gasteiger partial charge in [0.1, 0.15) is 11.6 Å². The lowest BCUT2D eigenvalue weighted by Gasteiger charge is -2.17. The van der Waals surface area contributed by atoms with E-state index in [1.165, 1.54) is 4.90 Å². The summed E-state index contributed by atoms with van der Waals surface area (Å²) in [5.41, 5.74) is 7.18. The van der Waals surface area contributed by atoms with Gasteiger partial charge in [-0.15, -0.1) is 0 Å². The number of amides is 1. The van der Waals surface area contributed by atoms with Gasteiger partial charge in [-0.05, 0) is 11.6 Å². The fourth-order valence-electron chi connectivity index (χ4n) is 1.71. The van der Waals surface area contributed by atoms with Gasteiger partial charge in [-0.2, -0.15) is 0 Å². The van der Waals surface area contributed by atoms with Crippen molar-refractivity contribution >= 4 is 23.1 Å². The maximum absolute atomic E-state index is 11.9. The molecule has 0 unspecified atom stereocenters. The number of hydrogen-bond donors (Lipinski definition) is 1. The third-order valence-corrected chi connectivity index (χ3v) is 3.00. The van der Waals surface area contributed by atoms with E-state index >= 15 is 0 Å². The van der Waals surface area contributed by atoms with E-state index < -0.39 is 13.0 Å². The van der Waals surface area contributed by atoms with Crippen LogP contribution in [-0.2, 0) is 16.1 Å². The Balaban J connectivity index is 2.45. The van der Waals surface area contributed by atoms with Crippen LogP contribution in [0.25, 0.3) is 0 Å². The number of thiocarbonyl (C=S) groups is 1. The van der Waals surface area contributed by atoms with Crippen LogP contribution in [0.15, 0.2) is 24.3 Å². The Bertz CT molecular complexity index is 498. The molecule has 7 heteroatoms. The number of rotatable bonds is 8. The molecular weight excluding hydrogens is 298 g/mol.